The Morgan fingerprint density at radius 1 is 1.55 bits per heavy atom. The molecule has 2 aromatic rings. The number of aliphatic hydroxyl groups is 1. The topological polar surface area (TPSA) is 66.6 Å². The van der Waals surface area contributed by atoms with Crippen molar-refractivity contribution in [3.63, 3.8) is 0 Å². The van der Waals surface area contributed by atoms with Crippen LogP contribution in [0.15, 0.2) is 21.9 Å². The number of nitrogens with zero attached hydrogens (tertiary/aromatic N) is 2. The predicted octanol–water partition coefficient (Wildman–Crippen LogP) is 2.09. The number of aromatic nitrogens is 1. The Kier molecular flexibility index (Phi) is 4.92. The summed E-state index contributed by atoms with van der Waals surface area (Å²) in [6, 6.07) is 3.87. The number of thiophene rings is 1. The molecule has 6 heteroatoms. The normalized spacial score (nSPS) is 10.8. The lowest BCUT2D eigenvalue weighted by Gasteiger charge is -2.18. The average molecular weight is 294 g/mol. The van der Waals surface area contributed by atoms with Crippen LogP contribution in [0.3, 0.4) is 0 Å². The van der Waals surface area contributed by atoms with Crippen LogP contribution < -0.4 is 0 Å². The van der Waals surface area contributed by atoms with E-state index >= 15 is 0 Å². The van der Waals surface area contributed by atoms with Gasteiger partial charge in [-0.15, -0.1) is 11.3 Å². The Morgan fingerprint density at radius 3 is 2.95 bits per heavy atom. The third kappa shape index (κ3) is 3.26. The molecule has 1 N–H and O–H groups in total. The SMILES string of the molecule is CCN(CCO)C(=O)Cc1nc(-c2cccs2)oc1C. The van der Waals surface area contributed by atoms with Gasteiger partial charge in [0.1, 0.15) is 5.76 Å². The molecule has 0 saturated carbocycles. The van der Waals surface area contributed by atoms with Gasteiger partial charge in [-0.05, 0) is 25.3 Å². The highest BCUT2D eigenvalue weighted by atomic mass is 32.1. The minimum atomic E-state index is -0.0457. The van der Waals surface area contributed by atoms with Crippen LogP contribution in [0, 0.1) is 6.92 Å². The minimum absolute atomic E-state index is 0.0299. The van der Waals surface area contributed by atoms with Crippen molar-refractivity contribution in [2.24, 2.45) is 0 Å². The number of amides is 1. The zero-order valence-electron chi connectivity index (χ0n) is 11.6. The molecular formula is C14H18N2O3S. The maximum atomic E-state index is 12.1. The second kappa shape index (κ2) is 6.67. The van der Waals surface area contributed by atoms with E-state index in [1.165, 1.54) is 0 Å². The van der Waals surface area contributed by atoms with Crippen LogP contribution in [0.25, 0.3) is 10.8 Å². The highest BCUT2D eigenvalue weighted by Gasteiger charge is 2.18. The molecule has 2 aromatic heterocycles. The van der Waals surface area contributed by atoms with E-state index in [1.807, 2.05) is 31.4 Å². The molecule has 0 aliphatic rings. The smallest absolute Gasteiger partial charge is 0.236 e. The van der Waals surface area contributed by atoms with Crippen LogP contribution in [-0.4, -0.2) is 40.6 Å². The van der Waals surface area contributed by atoms with Crippen molar-refractivity contribution in [1.82, 2.24) is 9.88 Å². The molecule has 0 fully saturated rings. The first-order chi connectivity index (χ1) is 9.65. The first kappa shape index (κ1) is 14.7. The molecule has 0 saturated heterocycles. The number of hydrogen-bond donors (Lipinski definition) is 1. The van der Waals surface area contributed by atoms with Gasteiger partial charge in [0.05, 0.1) is 23.6 Å². The summed E-state index contributed by atoms with van der Waals surface area (Å²) in [6.45, 7) is 4.60. The molecule has 0 atom stereocenters. The number of carbonyl (C=O) groups is 1. The molecule has 1 amide bonds. The van der Waals surface area contributed by atoms with E-state index in [0.717, 1.165) is 4.88 Å². The van der Waals surface area contributed by atoms with Crippen molar-refractivity contribution in [2.45, 2.75) is 20.3 Å². The van der Waals surface area contributed by atoms with Crippen LogP contribution in [-0.2, 0) is 11.2 Å². The maximum absolute atomic E-state index is 12.1. The maximum Gasteiger partial charge on any atom is 0.236 e. The first-order valence-electron chi connectivity index (χ1n) is 6.54. The van der Waals surface area contributed by atoms with Crippen molar-refractivity contribution in [3.05, 3.63) is 29.0 Å². The van der Waals surface area contributed by atoms with E-state index in [1.54, 1.807) is 16.2 Å². The molecule has 0 spiro atoms. The summed E-state index contributed by atoms with van der Waals surface area (Å²) < 4.78 is 5.61. The van der Waals surface area contributed by atoms with Gasteiger partial charge in [-0.3, -0.25) is 4.79 Å². The second-order valence-electron chi connectivity index (χ2n) is 4.37. The summed E-state index contributed by atoms with van der Waals surface area (Å²) in [4.78, 5) is 19.1. The molecule has 108 valence electrons. The van der Waals surface area contributed by atoms with E-state index < -0.39 is 0 Å². The van der Waals surface area contributed by atoms with Crippen molar-refractivity contribution in [2.75, 3.05) is 19.7 Å². The zero-order valence-corrected chi connectivity index (χ0v) is 12.4. The molecular weight excluding hydrogens is 276 g/mol. The third-order valence-electron chi connectivity index (χ3n) is 3.05. The van der Waals surface area contributed by atoms with Gasteiger partial charge in [0.15, 0.2) is 0 Å². The minimum Gasteiger partial charge on any atom is -0.440 e. The van der Waals surface area contributed by atoms with Crippen LogP contribution in [0.5, 0.6) is 0 Å². The molecule has 0 aromatic carbocycles. The summed E-state index contributed by atoms with van der Waals surface area (Å²) in [6.07, 6.45) is 0.203. The lowest BCUT2D eigenvalue weighted by atomic mass is 10.2. The van der Waals surface area contributed by atoms with Crippen LogP contribution >= 0.6 is 11.3 Å². The van der Waals surface area contributed by atoms with E-state index in [4.69, 9.17) is 9.52 Å². The van der Waals surface area contributed by atoms with Crippen LogP contribution in [0.4, 0.5) is 0 Å². The second-order valence-corrected chi connectivity index (χ2v) is 5.32. The first-order valence-corrected chi connectivity index (χ1v) is 7.42. The fourth-order valence-electron chi connectivity index (χ4n) is 1.93. The van der Waals surface area contributed by atoms with Gasteiger partial charge in [0.2, 0.25) is 11.8 Å². The summed E-state index contributed by atoms with van der Waals surface area (Å²) in [5, 5.41) is 10.9. The van der Waals surface area contributed by atoms with E-state index in [9.17, 15) is 4.79 Å². The Bertz CT molecular complexity index is 563. The number of aliphatic hydroxyl groups excluding tert-OH is 1. The van der Waals surface area contributed by atoms with Gasteiger partial charge in [0, 0.05) is 13.1 Å². The van der Waals surface area contributed by atoms with Gasteiger partial charge in [-0.1, -0.05) is 6.07 Å². The molecule has 2 rings (SSSR count). The van der Waals surface area contributed by atoms with Gasteiger partial charge >= 0.3 is 0 Å². The predicted molar refractivity (Wildman–Crippen MR) is 77.6 cm³/mol. The summed E-state index contributed by atoms with van der Waals surface area (Å²) >= 11 is 1.55. The molecule has 0 bridgehead atoms. The van der Waals surface area contributed by atoms with Gasteiger partial charge in [-0.25, -0.2) is 4.98 Å². The molecule has 0 radical (unpaired) electrons. The Hall–Kier alpha value is -1.66. The van der Waals surface area contributed by atoms with Crippen molar-refractivity contribution >= 4 is 17.2 Å². The summed E-state index contributed by atoms with van der Waals surface area (Å²) in [7, 11) is 0. The molecule has 5 nitrogen and oxygen atoms in total. The number of likely N-dealkylation sites (N-methyl/N-ethyl adjacent to an activating group) is 1. The number of aryl methyl sites for hydroxylation is 1. The largest absolute Gasteiger partial charge is 0.440 e. The molecule has 2 heterocycles. The third-order valence-corrected chi connectivity index (χ3v) is 3.91. The van der Waals surface area contributed by atoms with Crippen molar-refractivity contribution in [1.29, 1.82) is 0 Å². The Balaban J connectivity index is 2.12. The van der Waals surface area contributed by atoms with Gasteiger partial charge in [0.25, 0.3) is 0 Å². The number of rotatable bonds is 6. The Morgan fingerprint density at radius 2 is 2.35 bits per heavy atom. The molecule has 0 aliphatic heterocycles. The van der Waals surface area contributed by atoms with Crippen LogP contribution in [0.2, 0.25) is 0 Å². The van der Waals surface area contributed by atoms with E-state index in [0.29, 0.717) is 30.4 Å². The van der Waals surface area contributed by atoms with E-state index in [-0.39, 0.29) is 18.9 Å². The van der Waals surface area contributed by atoms with Crippen molar-refractivity contribution < 1.29 is 14.3 Å². The quantitative estimate of drug-likeness (QED) is 0.886. The number of carbonyl (C=O) groups excluding carboxylic acids is 1. The lowest BCUT2D eigenvalue weighted by Crippen LogP contribution is -2.34. The lowest BCUT2D eigenvalue weighted by molar-refractivity contribution is -0.130. The van der Waals surface area contributed by atoms with Gasteiger partial charge < -0.3 is 14.4 Å². The fraction of sp³-hybridized carbons (Fsp3) is 0.429. The summed E-state index contributed by atoms with van der Waals surface area (Å²) in [5.74, 6) is 1.18. The molecule has 20 heavy (non-hydrogen) atoms. The monoisotopic (exact) mass is 294 g/mol. The molecule has 0 unspecified atom stereocenters. The average Bonchev–Trinajstić information content (AvgIpc) is 3.06. The standard InChI is InChI=1S/C14H18N2O3S/c1-3-16(6-7-17)13(18)9-11-10(2)19-14(15-11)12-5-4-8-20-12/h4-5,8,17H,3,6-7,9H2,1-2H3. The van der Waals surface area contributed by atoms with Crippen molar-refractivity contribution in [3.8, 4) is 10.8 Å². The summed E-state index contributed by atoms with van der Waals surface area (Å²) in [5.41, 5.74) is 0.662. The fourth-order valence-corrected chi connectivity index (χ4v) is 2.58. The molecule has 0 aliphatic carbocycles. The highest BCUT2D eigenvalue weighted by Crippen LogP contribution is 2.26. The highest BCUT2D eigenvalue weighted by molar-refractivity contribution is 7.13. The number of hydrogen-bond acceptors (Lipinski definition) is 5. The zero-order chi connectivity index (χ0) is 14.5. The van der Waals surface area contributed by atoms with E-state index in [2.05, 4.69) is 4.98 Å². The van der Waals surface area contributed by atoms with Gasteiger partial charge in [-0.2, -0.15) is 0 Å². The Labute approximate surface area is 121 Å². The van der Waals surface area contributed by atoms with Crippen LogP contribution in [0.1, 0.15) is 18.4 Å². The number of oxazole rings is 1.